The van der Waals surface area contributed by atoms with Gasteiger partial charge in [0, 0.05) is 38.8 Å². The standard InChI is InChI=1S/C8H16N.Y/c1-8(2)9-6-4-3-5-7-9;/h3,8H,4-7H2,1-2H3;/q-1;. The summed E-state index contributed by atoms with van der Waals surface area (Å²) >= 11 is 0. The molecule has 10 heavy (non-hydrogen) atoms. The fourth-order valence-electron chi connectivity index (χ4n) is 1.29. The minimum atomic E-state index is 0. The first-order valence-corrected chi connectivity index (χ1v) is 3.86. The molecule has 0 atom stereocenters. The molecule has 0 amide bonds. The van der Waals surface area contributed by atoms with E-state index < -0.39 is 0 Å². The summed E-state index contributed by atoms with van der Waals surface area (Å²) in [5.74, 6) is 0. The van der Waals surface area contributed by atoms with Crippen LogP contribution in [0.1, 0.15) is 26.7 Å². The molecular weight excluding hydrogens is 199 g/mol. The largest absolute Gasteiger partial charge is 0.326 e. The average molecular weight is 215 g/mol. The molecule has 1 fully saturated rings. The van der Waals surface area contributed by atoms with Gasteiger partial charge in [0.2, 0.25) is 0 Å². The van der Waals surface area contributed by atoms with Crippen LogP contribution in [-0.2, 0) is 32.7 Å². The summed E-state index contributed by atoms with van der Waals surface area (Å²) in [6, 6.07) is 0.749. The normalized spacial score (nSPS) is 20.7. The summed E-state index contributed by atoms with van der Waals surface area (Å²) in [4.78, 5) is 2.53. The van der Waals surface area contributed by atoms with Crippen molar-refractivity contribution in [3.63, 3.8) is 0 Å². The van der Waals surface area contributed by atoms with Crippen molar-refractivity contribution in [3.8, 4) is 0 Å². The Morgan fingerprint density at radius 1 is 1.20 bits per heavy atom. The molecular formula is C8H16NY-. The maximum atomic E-state index is 2.53. The zero-order valence-electron chi connectivity index (χ0n) is 7.01. The first-order valence-electron chi connectivity index (χ1n) is 3.86. The quantitative estimate of drug-likeness (QED) is 0.601. The summed E-state index contributed by atoms with van der Waals surface area (Å²) in [7, 11) is 0. The van der Waals surface area contributed by atoms with Crippen LogP contribution in [0.15, 0.2) is 0 Å². The summed E-state index contributed by atoms with van der Waals surface area (Å²) in [5.41, 5.74) is 0. The summed E-state index contributed by atoms with van der Waals surface area (Å²) < 4.78 is 0. The second-order valence-electron chi connectivity index (χ2n) is 3.00. The van der Waals surface area contributed by atoms with E-state index in [-0.39, 0.29) is 32.7 Å². The summed E-state index contributed by atoms with van der Waals surface area (Å²) in [6.45, 7) is 7.09. The monoisotopic (exact) mass is 215 g/mol. The Kier molecular flexibility index (Phi) is 6.29. The minimum Gasteiger partial charge on any atom is -0.326 e. The molecule has 0 aromatic carbocycles. The number of likely N-dealkylation sites (tertiary alicyclic amines) is 1. The van der Waals surface area contributed by atoms with Crippen molar-refractivity contribution in [2.24, 2.45) is 0 Å². The van der Waals surface area contributed by atoms with Gasteiger partial charge in [-0.15, -0.1) is 0 Å². The van der Waals surface area contributed by atoms with E-state index in [1.165, 1.54) is 25.9 Å². The fraction of sp³-hybridized carbons (Fsp3) is 0.875. The number of piperidine rings is 1. The second kappa shape index (κ2) is 5.68. The second-order valence-corrected chi connectivity index (χ2v) is 3.00. The first kappa shape index (κ1) is 11.1. The van der Waals surface area contributed by atoms with Crippen LogP contribution in [0.4, 0.5) is 0 Å². The molecule has 0 aromatic rings. The number of hydrogen-bond acceptors (Lipinski definition) is 1. The smallest absolute Gasteiger partial charge is 0.00364 e. The zero-order chi connectivity index (χ0) is 6.69. The molecule has 1 aliphatic rings. The number of nitrogens with zero attached hydrogens (tertiary/aromatic N) is 1. The van der Waals surface area contributed by atoms with Crippen molar-refractivity contribution in [2.75, 3.05) is 13.1 Å². The predicted octanol–water partition coefficient (Wildman–Crippen LogP) is 1.69. The summed E-state index contributed by atoms with van der Waals surface area (Å²) in [6.07, 6.45) is 4.97. The zero-order valence-corrected chi connectivity index (χ0v) is 9.85. The van der Waals surface area contributed by atoms with Crippen molar-refractivity contribution >= 4 is 0 Å². The molecule has 1 heterocycles. The van der Waals surface area contributed by atoms with Gasteiger partial charge in [-0.3, -0.25) is 0 Å². The molecule has 0 N–H and O–H groups in total. The molecule has 1 aliphatic heterocycles. The topological polar surface area (TPSA) is 3.24 Å². The van der Waals surface area contributed by atoms with Gasteiger partial charge in [-0.2, -0.15) is 12.8 Å². The third kappa shape index (κ3) is 3.45. The molecule has 1 saturated heterocycles. The van der Waals surface area contributed by atoms with Crippen LogP contribution in [0.2, 0.25) is 0 Å². The van der Waals surface area contributed by atoms with E-state index >= 15 is 0 Å². The van der Waals surface area contributed by atoms with Crippen molar-refractivity contribution in [3.05, 3.63) is 6.42 Å². The first-order chi connectivity index (χ1) is 4.30. The van der Waals surface area contributed by atoms with Crippen molar-refractivity contribution in [1.29, 1.82) is 0 Å². The van der Waals surface area contributed by atoms with E-state index in [0.717, 1.165) is 6.04 Å². The third-order valence-electron chi connectivity index (χ3n) is 1.97. The van der Waals surface area contributed by atoms with Gasteiger partial charge < -0.3 is 11.3 Å². The van der Waals surface area contributed by atoms with Crippen LogP contribution in [0.3, 0.4) is 0 Å². The molecule has 0 unspecified atom stereocenters. The Labute approximate surface area is 89.4 Å². The van der Waals surface area contributed by atoms with Crippen LogP contribution in [0.5, 0.6) is 0 Å². The Bertz CT molecular complexity index is 77.3. The Hall–Kier alpha value is 1.06. The predicted molar refractivity (Wildman–Crippen MR) is 40.2 cm³/mol. The van der Waals surface area contributed by atoms with Gasteiger partial charge in [-0.05, 0) is 26.9 Å². The van der Waals surface area contributed by atoms with Gasteiger partial charge in [-0.1, -0.05) is 0 Å². The molecule has 0 aliphatic carbocycles. The van der Waals surface area contributed by atoms with Gasteiger partial charge in [0.15, 0.2) is 0 Å². The van der Waals surface area contributed by atoms with Gasteiger partial charge in [0.1, 0.15) is 0 Å². The minimum absolute atomic E-state index is 0. The van der Waals surface area contributed by atoms with E-state index in [0.29, 0.717) is 0 Å². The van der Waals surface area contributed by atoms with Crippen LogP contribution in [-0.4, -0.2) is 24.0 Å². The molecule has 0 spiro atoms. The van der Waals surface area contributed by atoms with E-state index in [1.807, 2.05) is 0 Å². The third-order valence-corrected chi connectivity index (χ3v) is 1.97. The van der Waals surface area contributed by atoms with Crippen molar-refractivity contribution in [1.82, 2.24) is 4.90 Å². The Balaban J connectivity index is 0.000000810. The van der Waals surface area contributed by atoms with E-state index in [2.05, 4.69) is 25.2 Å². The van der Waals surface area contributed by atoms with Gasteiger partial charge >= 0.3 is 0 Å². The van der Waals surface area contributed by atoms with Crippen molar-refractivity contribution < 1.29 is 32.7 Å². The Morgan fingerprint density at radius 2 is 1.70 bits per heavy atom. The fourth-order valence-corrected chi connectivity index (χ4v) is 1.29. The molecule has 0 aromatic heterocycles. The van der Waals surface area contributed by atoms with Crippen LogP contribution >= 0.6 is 0 Å². The Morgan fingerprint density at radius 3 is 2.00 bits per heavy atom. The van der Waals surface area contributed by atoms with E-state index in [9.17, 15) is 0 Å². The van der Waals surface area contributed by atoms with Crippen LogP contribution in [0.25, 0.3) is 0 Å². The molecule has 57 valence electrons. The SMILES string of the molecule is CC(C)N1CC[CH-]CC1.[Y]. The average Bonchev–Trinajstić information content (AvgIpc) is 1.90. The van der Waals surface area contributed by atoms with Gasteiger partial charge in [-0.25, -0.2) is 0 Å². The van der Waals surface area contributed by atoms with E-state index in [1.54, 1.807) is 0 Å². The summed E-state index contributed by atoms with van der Waals surface area (Å²) in [5, 5.41) is 0. The van der Waals surface area contributed by atoms with Gasteiger partial charge in [0.05, 0.1) is 0 Å². The molecule has 2 heteroatoms. The molecule has 1 nitrogen and oxygen atoms in total. The van der Waals surface area contributed by atoms with Gasteiger partial charge in [0.25, 0.3) is 0 Å². The molecule has 1 radical (unpaired) electrons. The maximum Gasteiger partial charge on any atom is 0.00364 e. The molecule has 0 saturated carbocycles. The van der Waals surface area contributed by atoms with Crippen LogP contribution in [0, 0.1) is 6.42 Å². The number of hydrogen-bond donors (Lipinski definition) is 0. The molecule has 0 bridgehead atoms. The van der Waals surface area contributed by atoms with E-state index in [4.69, 9.17) is 0 Å². The maximum absolute atomic E-state index is 2.53. The number of rotatable bonds is 1. The molecule has 1 rings (SSSR count). The van der Waals surface area contributed by atoms with Crippen molar-refractivity contribution in [2.45, 2.75) is 32.7 Å². The van der Waals surface area contributed by atoms with Crippen LogP contribution < -0.4 is 0 Å².